The molecule has 6 heteroatoms. The Morgan fingerprint density at radius 1 is 1.48 bits per heavy atom. The number of benzene rings is 1. The van der Waals surface area contributed by atoms with E-state index >= 15 is 0 Å². The van der Waals surface area contributed by atoms with Crippen LogP contribution in [-0.2, 0) is 11.3 Å². The van der Waals surface area contributed by atoms with Gasteiger partial charge in [0.25, 0.3) is 0 Å². The van der Waals surface area contributed by atoms with Gasteiger partial charge in [0.2, 0.25) is 0 Å². The van der Waals surface area contributed by atoms with E-state index in [0.29, 0.717) is 13.1 Å². The Hall–Kier alpha value is -0.340. The number of fused-ring (bicyclic) bond motifs is 1. The van der Waals surface area contributed by atoms with Gasteiger partial charge >= 0.3 is 6.09 Å². The van der Waals surface area contributed by atoms with E-state index in [1.54, 1.807) is 4.90 Å². The van der Waals surface area contributed by atoms with E-state index in [2.05, 4.69) is 38.5 Å². The van der Waals surface area contributed by atoms with Crippen LogP contribution in [0.4, 0.5) is 4.79 Å². The van der Waals surface area contributed by atoms with Gasteiger partial charge in [-0.1, -0.05) is 15.9 Å². The van der Waals surface area contributed by atoms with Crippen molar-refractivity contribution in [2.75, 3.05) is 6.54 Å². The maximum absolute atomic E-state index is 12.3. The van der Waals surface area contributed by atoms with E-state index in [0.717, 1.165) is 25.6 Å². The fourth-order valence-electron chi connectivity index (χ4n) is 2.36. The Morgan fingerprint density at radius 3 is 2.76 bits per heavy atom. The molecule has 0 fully saturated rings. The van der Waals surface area contributed by atoms with Gasteiger partial charge in [0, 0.05) is 20.6 Å². The van der Waals surface area contributed by atoms with Crippen LogP contribution in [0, 0.1) is 3.57 Å². The first kappa shape index (κ1) is 17.0. The number of nitrogens with zero attached hydrogens (tertiary/aromatic N) is 1. The van der Waals surface area contributed by atoms with Crippen molar-refractivity contribution in [3.05, 3.63) is 31.3 Å². The molecule has 1 amide bonds. The monoisotopic (exact) mass is 466 g/mol. The quantitative estimate of drug-likeness (QED) is 0.583. The Balaban J connectivity index is 2.31. The molecule has 0 aliphatic carbocycles. The van der Waals surface area contributed by atoms with Crippen molar-refractivity contribution >= 4 is 44.6 Å². The maximum atomic E-state index is 12.3. The third kappa shape index (κ3) is 4.10. The highest BCUT2D eigenvalue weighted by Crippen LogP contribution is 2.34. The largest absolute Gasteiger partial charge is 0.444 e. The Labute approximate surface area is 147 Å². The first-order valence-corrected chi connectivity index (χ1v) is 8.76. The van der Waals surface area contributed by atoms with Gasteiger partial charge in [-0.15, -0.1) is 0 Å². The van der Waals surface area contributed by atoms with Gasteiger partial charge in [0.05, 0.1) is 6.54 Å². The zero-order valence-electron chi connectivity index (χ0n) is 12.5. The number of amides is 1. The van der Waals surface area contributed by atoms with Crippen molar-refractivity contribution in [2.45, 2.75) is 45.4 Å². The van der Waals surface area contributed by atoms with Crippen molar-refractivity contribution in [3.8, 4) is 0 Å². The Bertz CT molecular complexity index is 557. The van der Waals surface area contributed by atoms with Crippen LogP contribution < -0.4 is 5.73 Å². The minimum Gasteiger partial charge on any atom is -0.444 e. The average Bonchev–Trinajstić information content (AvgIpc) is 2.52. The van der Waals surface area contributed by atoms with Crippen molar-refractivity contribution in [1.82, 2.24) is 4.90 Å². The Morgan fingerprint density at radius 2 is 2.14 bits per heavy atom. The predicted molar refractivity (Wildman–Crippen MR) is 95.0 cm³/mol. The molecule has 1 aliphatic rings. The molecule has 21 heavy (non-hydrogen) atoms. The third-order valence-corrected chi connectivity index (χ3v) is 5.03. The van der Waals surface area contributed by atoms with E-state index < -0.39 is 5.60 Å². The normalized spacial score (nSPS) is 19.0. The van der Waals surface area contributed by atoms with E-state index in [1.165, 1.54) is 0 Å². The highest BCUT2D eigenvalue weighted by molar-refractivity contribution is 14.1. The molecular weight excluding hydrogens is 447 g/mol. The van der Waals surface area contributed by atoms with Gasteiger partial charge in [0.1, 0.15) is 5.60 Å². The number of halogens is 2. The molecule has 1 atom stereocenters. The Kier molecular flexibility index (Phi) is 5.20. The lowest BCUT2D eigenvalue weighted by molar-refractivity contribution is 0.0234. The number of hydrogen-bond acceptors (Lipinski definition) is 3. The number of nitrogens with two attached hydrogens (primary N) is 1. The summed E-state index contributed by atoms with van der Waals surface area (Å²) in [6.45, 7) is 6.77. The molecule has 0 unspecified atom stereocenters. The molecule has 1 heterocycles. The zero-order chi connectivity index (χ0) is 15.8. The summed E-state index contributed by atoms with van der Waals surface area (Å²) >= 11 is 5.87. The second-order valence-corrected chi connectivity index (χ2v) is 8.24. The summed E-state index contributed by atoms with van der Waals surface area (Å²) < 4.78 is 7.62. The summed E-state index contributed by atoms with van der Waals surface area (Å²) in [7, 11) is 0. The van der Waals surface area contributed by atoms with Crippen molar-refractivity contribution in [1.29, 1.82) is 0 Å². The molecule has 0 bridgehead atoms. The van der Waals surface area contributed by atoms with Crippen LogP contribution in [0.2, 0.25) is 0 Å². The van der Waals surface area contributed by atoms with Gasteiger partial charge in [-0.2, -0.15) is 0 Å². The minimum atomic E-state index is -0.487. The van der Waals surface area contributed by atoms with Gasteiger partial charge in [-0.3, -0.25) is 0 Å². The summed E-state index contributed by atoms with van der Waals surface area (Å²) in [5.41, 5.74) is 8.02. The standard InChI is InChI=1S/C15H20BrIN2O2/c1-15(2,3)21-14(20)19-7-6-12(18)13-9(8-19)11(17)5-4-10(13)16/h4-5,12H,6-8,18H2,1-3H3/t12-/m1/s1. The molecular formula is C15H20BrIN2O2. The van der Waals surface area contributed by atoms with E-state index in [4.69, 9.17) is 10.5 Å². The van der Waals surface area contributed by atoms with Crippen LogP contribution in [0.3, 0.4) is 0 Å². The topological polar surface area (TPSA) is 55.6 Å². The fraction of sp³-hybridized carbons (Fsp3) is 0.533. The molecule has 2 N–H and O–H groups in total. The number of carbonyl (C=O) groups is 1. The maximum Gasteiger partial charge on any atom is 0.410 e. The molecule has 0 spiro atoms. The number of carbonyl (C=O) groups excluding carboxylic acids is 1. The highest BCUT2D eigenvalue weighted by atomic mass is 127. The van der Waals surface area contributed by atoms with Gasteiger partial charge in [0.15, 0.2) is 0 Å². The third-order valence-electron chi connectivity index (χ3n) is 3.33. The van der Waals surface area contributed by atoms with Gasteiger partial charge < -0.3 is 15.4 Å². The lowest BCUT2D eigenvalue weighted by Crippen LogP contribution is -2.36. The van der Waals surface area contributed by atoms with Gasteiger partial charge in [-0.25, -0.2) is 4.79 Å². The first-order valence-electron chi connectivity index (χ1n) is 6.89. The minimum absolute atomic E-state index is 0.0727. The lowest BCUT2D eigenvalue weighted by Gasteiger charge is -2.26. The molecule has 1 aromatic carbocycles. The van der Waals surface area contributed by atoms with Crippen LogP contribution in [0.5, 0.6) is 0 Å². The summed E-state index contributed by atoms with van der Waals surface area (Å²) in [5.74, 6) is 0. The molecule has 4 nitrogen and oxygen atoms in total. The van der Waals surface area contributed by atoms with E-state index in [9.17, 15) is 4.79 Å². The van der Waals surface area contributed by atoms with Crippen LogP contribution in [0.1, 0.15) is 44.4 Å². The highest BCUT2D eigenvalue weighted by Gasteiger charge is 2.28. The average molecular weight is 467 g/mol. The number of hydrogen-bond donors (Lipinski definition) is 1. The fourth-order valence-corrected chi connectivity index (χ4v) is 3.67. The van der Waals surface area contributed by atoms with Crippen LogP contribution in [-0.4, -0.2) is 23.1 Å². The molecule has 1 aliphatic heterocycles. The smallest absolute Gasteiger partial charge is 0.410 e. The second kappa shape index (κ2) is 6.42. The van der Waals surface area contributed by atoms with Crippen molar-refractivity contribution in [3.63, 3.8) is 0 Å². The number of ether oxygens (including phenoxy) is 1. The van der Waals surface area contributed by atoms with Crippen LogP contribution in [0.25, 0.3) is 0 Å². The zero-order valence-corrected chi connectivity index (χ0v) is 16.2. The molecule has 1 aromatic rings. The lowest BCUT2D eigenvalue weighted by atomic mass is 10.0. The molecule has 0 saturated carbocycles. The van der Waals surface area contributed by atoms with Crippen LogP contribution in [0.15, 0.2) is 16.6 Å². The summed E-state index contributed by atoms with van der Waals surface area (Å²) in [5, 5.41) is 0. The van der Waals surface area contributed by atoms with Crippen molar-refractivity contribution in [2.24, 2.45) is 5.73 Å². The molecule has 0 saturated heterocycles. The van der Waals surface area contributed by atoms with Crippen molar-refractivity contribution < 1.29 is 9.53 Å². The SMILES string of the molecule is CC(C)(C)OC(=O)N1CC[C@@H](N)c2c(Br)ccc(I)c2C1. The van der Waals surface area contributed by atoms with E-state index in [-0.39, 0.29) is 12.1 Å². The molecule has 0 aromatic heterocycles. The summed E-state index contributed by atoms with van der Waals surface area (Å²) in [4.78, 5) is 14.1. The van der Waals surface area contributed by atoms with E-state index in [1.807, 2.05) is 32.9 Å². The van der Waals surface area contributed by atoms with Crippen LogP contribution >= 0.6 is 38.5 Å². The molecule has 2 rings (SSSR count). The summed E-state index contributed by atoms with van der Waals surface area (Å²) in [6, 6.07) is 3.98. The first-order chi connectivity index (χ1) is 9.69. The number of rotatable bonds is 0. The second-order valence-electron chi connectivity index (χ2n) is 6.22. The van der Waals surface area contributed by atoms with Gasteiger partial charge in [-0.05, 0) is 73.0 Å². The summed E-state index contributed by atoms with van der Waals surface area (Å²) in [6.07, 6.45) is 0.448. The molecule has 116 valence electrons. The predicted octanol–water partition coefficient (Wildman–Crippen LogP) is 4.19. The molecule has 0 radical (unpaired) electrons.